The number of piperazine rings is 1. The van der Waals surface area contributed by atoms with E-state index in [1.807, 2.05) is 0 Å². The number of benzene rings is 1. The van der Waals surface area contributed by atoms with Crippen LogP contribution in [0.4, 0.5) is 21.6 Å². The Kier molecular flexibility index (Phi) is 7.91. The van der Waals surface area contributed by atoms with Crippen LogP contribution in [0.25, 0.3) is 11.3 Å². The first-order valence-corrected chi connectivity index (χ1v) is 14.8. The van der Waals surface area contributed by atoms with Crippen molar-refractivity contribution < 1.29 is 14.3 Å². The van der Waals surface area contributed by atoms with Gasteiger partial charge >= 0.3 is 0 Å². The molecule has 0 spiro atoms. The Balaban J connectivity index is 1.13. The fourth-order valence-electron chi connectivity index (χ4n) is 5.92. The molecule has 6 rings (SSSR count). The Morgan fingerprint density at radius 2 is 1.98 bits per heavy atom. The van der Waals surface area contributed by atoms with Crippen LogP contribution in [0.3, 0.4) is 0 Å². The van der Waals surface area contributed by atoms with Crippen molar-refractivity contribution in [2.45, 2.75) is 42.4 Å². The number of rotatable bonds is 9. The lowest BCUT2D eigenvalue weighted by atomic mass is 9.78. The van der Waals surface area contributed by atoms with E-state index >= 15 is 0 Å². The summed E-state index contributed by atoms with van der Waals surface area (Å²) in [6.07, 6.45) is 4.63. The van der Waals surface area contributed by atoms with Gasteiger partial charge in [0.25, 0.3) is 0 Å². The van der Waals surface area contributed by atoms with Crippen molar-refractivity contribution in [3.8, 4) is 11.3 Å². The Morgan fingerprint density at radius 1 is 1.12 bits per heavy atom. The number of thioether (sulfide) groups is 1. The summed E-state index contributed by atoms with van der Waals surface area (Å²) in [6, 6.07) is 11.3. The van der Waals surface area contributed by atoms with Crippen molar-refractivity contribution in [1.29, 1.82) is 0 Å². The van der Waals surface area contributed by atoms with E-state index in [1.54, 1.807) is 24.4 Å². The van der Waals surface area contributed by atoms with Crippen molar-refractivity contribution >= 4 is 46.5 Å². The highest BCUT2D eigenvalue weighted by molar-refractivity contribution is 7.99. The number of fused-ring (bicyclic) bond motifs is 2. The van der Waals surface area contributed by atoms with E-state index in [0.29, 0.717) is 56.8 Å². The number of halogens is 2. The van der Waals surface area contributed by atoms with Gasteiger partial charge in [0.2, 0.25) is 5.91 Å². The summed E-state index contributed by atoms with van der Waals surface area (Å²) in [4.78, 5) is 22.4. The van der Waals surface area contributed by atoms with Gasteiger partial charge in [0.05, 0.1) is 18.0 Å². The molecule has 0 radical (unpaired) electrons. The number of likely N-dealkylation sites (N-methyl/N-ethyl adjacent to an activating group) is 1. The number of pyridine rings is 1. The van der Waals surface area contributed by atoms with E-state index in [9.17, 15) is 14.3 Å². The Labute approximate surface area is 241 Å². The van der Waals surface area contributed by atoms with Crippen LogP contribution >= 0.6 is 23.4 Å². The summed E-state index contributed by atoms with van der Waals surface area (Å²) in [5.41, 5.74) is 1.80. The molecule has 2 aromatic heterocycles. The maximum atomic E-state index is 14.5. The third kappa shape index (κ3) is 5.66. The minimum absolute atomic E-state index is 0.00846. The van der Waals surface area contributed by atoms with Gasteiger partial charge in [-0.05, 0) is 56.6 Å². The predicted octanol–water partition coefficient (Wildman–Crippen LogP) is 4.26. The second kappa shape index (κ2) is 11.6. The van der Waals surface area contributed by atoms with Gasteiger partial charge < -0.3 is 20.6 Å². The predicted molar refractivity (Wildman–Crippen MR) is 154 cm³/mol. The average Bonchev–Trinajstić information content (AvgIpc) is 3.48. The number of aliphatic hydroxyl groups excluding tert-OH is 1. The number of likely N-dealkylation sites (tertiary alicyclic amines) is 2. The zero-order chi connectivity index (χ0) is 27.8. The van der Waals surface area contributed by atoms with Crippen molar-refractivity contribution in [3.63, 3.8) is 0 Å². The summed E-state index contributed by atoms with van der Waals surface area (Å²) < 4.78 is 14.5. The van der Waals surface area contributed by atoms with Crippen LogP contribution in [-0.4, -0.2) is 86.6 Å². The summed E-state index contributed by atoms with van der Waals surface area (Å²) in [7, 11) is 2.20. The average molecular weight is 584 g/mol. The Hall–Kier alpha value is -2.83. The molecule has 0 unspecified atom stereocenters. The van der Waals surface area contributed by atoms with Crippen LogP contribution in [-0.2, 0) is 4.79 Å². The number of nitrogens with one attached hydrogen (secondary N) is 2. The number of carbonyl (C=O) groups is 1. The number of aromatic nitrogens is 3. The molecule has 40 heavy (non-hydrogen) atoms. The normalized spacial score (nSPS) is 24.2. The Morgan fingerprint density at radius 3 is 2.73 bits per heavy atom. The van der Waals surface area contributed by atoms with E-state index in [-0.39, 0.29) is 24.0 Å². The third-order valence-electron chi connectivity index (χ3n) is 8.09. The number of aliphatic hydroxyl groups is 1. The fraction of sp³-hybridized carbons (Fsp3) is 0.429. The van der Waals surface area contributed by atoms with E-state index in [0.717, 1.165) is 25.9 Å². The minimum atomic E-state index is -0.461. The summed E-state index contributed by atoms with van der Waals surface area (Å²) >= 11 is 7.41. The number of amides is 1. The van der Waals surface area contributed by atoms with Gasteiger partial charge in [0.15, 0.2) is 0 Å². The molecule has 2 aliphatic heterocycles. The maximum absolute atomic E-state index is 14.5. The second-order valence-corrected chi connectivity index (χ2v) is 12.2. The number of hydrogen-bond acceptors (Lipinski definition) is 9. The summed E-state index contributed by atoms with van der Waals surface area (Å²) in [5, 5.41) is 25.0. The zero-order valence-corrected chi connectivity index (χ0v) is 23.6. The van der Waals surface area contributed by atoms with Crippen molar-refractivity contribution in [2.75, 3.05) is 43.1 Å². The monoisotopic (exact) mass is 583 g/mol. The molecule has 3 aromatic rings. The lowest BCUT2D eigenvalue weighted by Crippen LogP contribution is -2.54. The molecule has 1 amide bonds. The van der Waals surface area contributed by atoms with Crippen LogP contribution in [0.5, 0.6) is 0 Å². The highest BCUT2D eigenvalue weighted by Gasteiger charge is 2.48. The topological polar surface area (TPSA) is 107 Å². The van der Waals surface area contributed by atoms with Crippen molar-refractivity contribution in [2.24, 2.45) is 5.92 Å². The molecule has 4 heterocycles. The summed E-state index contributed by atoms with van der Waals surface area (Å²) in [5.74, 6) is 0.390. The van der Waals surface area contributed by atoms with Crippen LogP contribution in [0, 0.1) is 11.7 Å². The fourth-order valence-corrected chi connectivity index (χ4v) is 6.74. The Bertz CT molecular complexity index is 1410. The molecule has 3 aliphatic rings. The number of anilines is 3. The van der Waals surface area contributed by atoms with E-state index in [2.05, 4.69) is 42.7 Å². The highest BCUT2D eigenvalue weighted by Crippen LogP contribution is 2.40. The number of nitrogens with zero attached hydrogens (tertiary/aromatic N) is 5. The van der Waals surface area contributed by atoms with Crippen molar-refractivity contribution in [1.82, 2.24) is 25.0 Å². The quantitative estimate of drug-likeness (QED) is 0.318. The van der Waals surface area contributed by atoms with Gasteiger partial charge in [-0.25, -0.2) is 9.37 Å². The van der Waals surface area contributed by atoms with Gasteiger partial charge in [0, 0.05) is 71.4 Å². The standard InChI is InChI=1S/C28H31ClFN7O2S/c1-36-14-21-12-20(36)15-37(21)19-8-16(9-19)27(39)33-26-11-18(4-5-31-26)32-25-13-24(34-35-28(25)40-7-6-38)22-10-17(29)2-3-23(22)30/h2-5,10-11,13,16,19-21,38H,6-9,12,14-15H2,1H3,(H2,31,32,33,34,39)/t16-,19+,20-,21-/m0/s1. The van der Waals surface area contributed by atoms with Gasteiger partial charge in [-0.1, -0.05) is 11.6 Å². The zero-order valence-electron chi connectivity index (χ0n) is 22.1. The third-order valence-corrected chi connectivity index (χ3v) is 9.29. The molecule has 2 bridgehead atoms. The number of carbonyl (C=O) groups excluding carboxylic acids is 1. The van der Waals surface area contributed by atoms with E-state index in [4.69, 9.17) is 11.6 Å². The second-order valence-electron chi connectivity index (χ2n) is 10.7. The number of hydrogen-bond donors (Lipinski definition) is 3. The van der Waals surface area contributed by atoms with Gasteiger partial charge in [0.1, 0.15) is 16.7 Å². The first-order valence-electron chi connectivity index (χ1n) is 13.4. The lowest BCUT2D eigenvalue weighted by molar-refractivity contribution is -0.125. The molecule has 1 aromatic carbocycles. The molecule has 3 N–H and O–H groups in total. The molecule has 210 valence electrons. The molecular formula is C28H31ClFN7O2S. The smallest absolute Gasteiger partial charge is 0.228 e. The SMILES string of the molecule is CN1C[C@@H]2C[C@H]1CN2[C@H]1C[C@@H](C(=O)Nc2cc(Nc3cc(-c4cc(Cl)ccc4F)nnc3SCCO)ccn2)C1. The summed E-state index contributed by atoms with van der Waals surface area (Å²) in [6.45, 7) is 2.22. The van der Waals surface area contributed by atoms with Gasteiger partial charge in [-0.3, -0.25) is 9.69 Å². The molecule has 2 saturated heterocycles. The van der Waals surface area contributed by atoms with E-state index < -0.39 is 5.82 Å². The lowest BCUT2D eigenvalue weighted by Gasteiger charge is -2.45. The maximum Gasteiger partial charge on any atom is 0.228 e. The molecule has 3 fully saturated rings. The van der Waals surface area contributed by atoms with Crippen molar-refractivity contribution in [3.05, 3.63) is 53.4 Å². The van der Waals surface area contributed by atoms with Crippen LogP contribution in [0.15, 0.2) is 47.6 Å². The first-order chi connectivity index (χ1) is 19.4. The van der Waals surface area contributed by atoms with Crippen LogP contribution < -0.4 is 10.6 Å². The molecule has 9 nitrogen and oxygen atoms in total. The molecular weight excluding hydrogens is 553 g/mol. The molecule has 2 atom stereocenters. The minimum Gasteiger partial charge on any atom is -0.396 e. The molecule has 1 aliphatic carbocycles. The van der Waals surface area contributed by atoms with Gasteiger partial charge in [-0.15, -0.1) is 22.0 Å². The first kappa shape index (κ1) is 27.3. The molecule has 1 saturated carbocycles. The van der Waals surface area contributed by atoms with E-state index in [1.165, 1.54) is 36.4 Å². The highest BCUT2D eigenvalue weighted by atomic mass is 35.5. The van der Waals surface area contributed by atoms with Crippen LogP contribution in [0.1, 0.15) is 19.3 Å². The van der Waals surface area contributed by atoms with Crippen LogP contribution in [0.2, 0.25) is 5.02 Å². The van der Waals surface area contributed by atoms with Gasteiger partial charge in [-0.2, -0.15) is 0 Å². The largest absolute Gasteiger partial charge is 0.396 e. The molecule has 12 heteroatoms.